The molecule has 0 unspecified atom stereocenters. The van der Waals surface area contributed by atoms with Gasteiger partial charge >= 0.3 is 0 Å². The van der Waals surface area contributed by atoms with Crippen molar-refractivity contribution in [2.75, 3.05) is 26.2 Å². The Labute approximate surface area is 155 Å². The number of carbonyl (C=O) groups is 1. The molecule has 26 heavy (non-hydrogen) atoms. The van der Waals surface area contributed by atoms with Crippen molar-refractivity contribution in [3.63, 3.8) is 0 Å². The molecule has 0 atom stereocenters. The summed E-state index contributed by atoms with van der Waals surface area (Å²) in [6, 6.07) is 12.6. The third-order valence-corrected chi connectivity index (χ3v) is 6.04. The van der Waals surface area contributed by atoms with Crippen molar-refractivity contribution in [2.24, 2.45) is 5.41 Å². The largest absolute Gasteiger partial charge is 0.472 e. The Hall–Kier alpha value is -2.07. The highest BCUT2D eigenvalue weighted by Crippen LogP contribution is 2.41. The average molecular weight is 352 g/mol. The van der Waals surface area contributed by atoms with Crippen LogP contribution in [0.15, 0.2) is 53.3 Å². The number of nitrogens with zero attached hydrogens (tertiary/aromatic N) is 2. The van der Waals surface area contributed by atoms with Crippen LogP contribution < -0.4 is 0 Å². The number of carbonyl (C=O) groups excluding carboxylic acids is 1. The van der Waals surface area contributed by atoms with E-state index in [-0.39, 0.29) is 5.41 Å². The zero-order valence-electron chi connectivity index (χ0n) is 15.4. The number of benzene rings is 1. The van der Waals surface area contributed by atoms with Crippen LogP contribution in [0.2, 0.25) is 0 Å². The molecule has 2 saturated heterocycles. The first kappa shape index (κ1) is 17.3. The standard InChI is InChI=1S/C22H28N2O2/c25-21-15-22(9-12-23(13-10-22)16-20-8-14-26-17-20)18-24(21)11-4-7-19-5-2-1-3-6-19/h1-3,5-6,8,14,17H,4,7,9-13,15-16,18H2. The van der Waals surface area contributed by atoms with Crippen LogP contribution >= 0.6 is 0 Å². The molecule has 1 aromatic heterocycles. The summed E-state index contributed by atoms with van der Waals surface area (Å²) in [6.45, 7) is 4.97. The van der Waals surface area contributed by atoms with E-state index in [1.165, 1.54) is 11.1 Å². The Kier molecular flexibility index (Phi) is 5.11. The van der Waals surface area contributed by atoms with Crippen LogP contribution in [0, 0.1) is 5.41 Å². The molecule has 2 aliphatic heterocycles. The predicted octanol–water partition coefficient (Wildman–Crippen LogP) is 3.73. The Balaban J connectivity index is 1.25. The smallest absolute Gasteiger partial charge is 0.223 e. The fourth-order valence-electron chi connectivity index (χ4n) is 4.47. The first-order valence-electron chi connectivity index (χ1n) is 9.78. The van der Waals surface area contributed by atoms with Gasteiger partial charge in [-0.05, 0) is 55.8 Å². The molecule has 1 spiro atoms. The average Bonchev–Trinajstić information content (AvgIpc) is 3.27. The van der Waals surface area contributed by atoms with Gasteiger partial charge in [0.15, 0.2) is 0 Å². The fourth-order valence-corrected chi connectivity index (χ4v) is 4.47. The molecule has 4 nitrogen and oxygen atoms in total. The van der Waals surface area contributed by atoms with Gasteiger partial charge in [-0.2, -0.15) is 0 Å². The number of amides is 1. The van der Waals surface area contributed by atoms with E-state index < -0.39 is 0 Å². The molecule has 1 amide bonds. The van der Waals surface area contributed by atoms with Crippen molar-refractivity contribution in [3.8, 4) is 0 Å². The van der Waals surface area contributed by atoms with E-state index in [9.17, 15) is 4.79 Å². The molecule has 2 aliphatic rings. The first-order valence-corrected chi connectivity index (χ1v) is 9.78. The van der Waals surface area contributed by atoms with E-state index >= 15 is 0 Å². The van der Waals surface area contributed by atoms with Crippen molar-refractivity contribution in [3.05, 3.63) is 60.1 Å². The van der Waals surface area contributed by atoms with Gasteiger partial charge in [0, 0.05) is 31.6 Å². The van der Waals surface area contributed by atoms with E-state index in [0.29, 0.717) is 5.91 Å². The number of likely N-dealkylation sites (tertiary alicyclic amines) is 2. The first-order chi connectivity index (χ1) is 12.7. The number of piperidine rings is 1. The molecule has 4 heteroatoms. The van der Waals surface area contributed by atoms with Gasteiger partial charge in [0.2, 0.25) is 5.91 Å². The third-order valence-electron chi connectivity index (χ3n) is 6.04. The number of hydrogen-bond donors (Lipinski definition) is 0. The second kappa shape index (κ2) is 7.67. The summed E-state index contributed by atoms with van der Waals surface area (Å²) in [5.74, 6) is 0.362. The quantitative estimate of drug-likeness (QED) is 0.795. The minimum absolute atomic E-state index is 0.219. The summed E-state index contributed by atoms with van der Waals surface area (Å²) < 4.78 is 5.17. The molecule has 0 aliphatic carbocycles. The molecule has 2 aromatic rings. The third kappa shape index (κ3) is 4.01. The van der Waals surface area contributed by atoms with Crippen LogP contribution in [0.4, 0.5) is 0 Å². The molecule has 1 aromatic carbocycles. The molecule has 2 fully saturated rings. The van der Waals surface area contributed by atoms with Gasteiger partial charge in [-0.1, -0.05) is 30.3 Å². The highest BCUT2D eigenvalue weighted by atomic mass is 16.3. The lowest BCUT2D eigenvalue weighted by Crippen LogP contribution is -2.41. The van der Waals surface area contributed by atoms with E-state index in [4.69, 9.17) is 4.42 Å². The lowest BCUT2D eigenvalue weighted by molar-refractivity contribution is -0.127. The maximum atomic E-state index is 12.5. The van der Waals surface area contributed by atoms with E-state index in [1.54, 1.807) is 6.26 Å². The van der Waals surface area contributed by atoms with Crippen LogP contribution in [0.1, 0.15) is 36.8 Å². The molecule has 0 radical (unpaired) electrons. The topological polar surface area (TPSA) is 36.7 Å². The summed E-state index contributed by atoms with van der Waals surface area (Å²) in [5, 5.41) is 0. The van der Waals surface area contributed by atoms with Crippen molar-refractivity contribution in [2.45, 2.75) is 38.6 Å². The normalized spacial score (nSPS) is 20.2. The maximum absolute atomic E-state index is 12.5. The molecule has 4 rings (SSSR count). The van der Waals surface area contributed by atoms with Crippen LogP contribution in [-0.4, -0.2) is 41.9 Å². The van der Waals surface area contributed by atoms with Crippen molar-refractivity contribution in [1.29, 1.82) is 0 Å². The van der Waals surface area contributed by atoms with E-state index in [0.717, 1.165) is 64.8 Å². The summed E-state index contributed by atoms with van der Waals surface area (Å²) in [6.07, 6.45) is 8.69. The number of rotatable bonds is 6. The Morgan fingerprint density at radius 2 is 1.85 bits per heavy atom. The van der Waals surface area contributed by atoms with Gasteiger partial charge in [0.1, 0.15) is 0 Å². The minimum Gasteiger partial charge on any atom is -0.472 e. The monoisotopic (exact) mass is 352 g/mol. The van der Waals surface area contributed by atoms with Gasteiger partial charge in [0.25, 0.3) is 0 Å². The van der Waals surface area contributed by atoms with Crippen molar-refractivity contribution in [1.82, 2.24) is 9.80 Å². The molecule has 0 saturated carbocycles. The zero-order chi connectivity index (χ0) is 17.8. The summed E-state index contributed by atoms with van der Waals surface area (Å²) >= 11 is 0. The summed E-state index contributed by atoms with van der Waals surface area (Å²) in [5.41, 5.74) is 2.82. The molecular formula is C22H28N2O2. The summed E-state index contributed by atoms with van der Waals surface area (Å²) in [7, 11) is 0. The highest BCUT2D eigenvalue weighted by molar-refractivity contribution is 5.79. The number of hydrogen-bond acceptors (Lipinski definition) is 3. The van der Waals surface area contributed by atoms with Gasteiger partial charge in [-0.3, -0.25) is 9.69 Å². The highest BCUT2D eigenvalue weighted by Gasteiger charge is 2.44. The Morgan fingerprint density at radius 3 is 2.58 bits per heavy atom. The second-order valence-corrected chi connectivity index (χ2v) is 7.99. The number of furan rings is 1. The van der Waals surface area contributed by atoms with Gasteiger partial charge in [-0.25, -0.2) is 0 Å². The lowest BCUT2D eigenvalue weighted by atomic mass is 9.77. The Bertz CT molecular complexity index is 703. The van der Waals surface area contributed by atoms with E-state index in [2.05, 4.69) is 40.1 Å². The van der Waals surface area contributed by atoms with Crippen LogP contribution in [-0.2, 0) is 17.8 Å². The second-order valence-electron chi connectivity index (χ2n) is 7.99. The SMILES string of the molecule is O=C1CC2(CCN(Cc3ccoc3)CC2)CN1CCCc1ccccc1. The van der Waals surface area contributed by atoms with Gasteiger partial charge in [0.05, 0.1) is 12.5 Å². The minimum atomic E-state index is 0.219. The maximum Gasteiger partial charge on any atom is 0.223 e. The van der Waals surface area contributed by atoms with E-state index in [1.807, 2.05) is 12.3 Å². The lowest BCUT2D eigenvalue weighted by Gasteiger charge is -2.38. The van der Waals surface area contributed by atoms with Crippen LogP contribution in [0.3, 0.4) is 0 Å². The molecule has 138 valence electrons. The number of aryl methyl sites for hydroxylation is 1. The molecule has 0 bridgehead atoms. The Morgan fingerprint density at radius 1 is 1.04 bits per heavy atom. The fraction of sp³-hybridized carbons (Fsp3) is 0.500. The zero-order valence-corrected chi connectivity index (χ0v) is 15.4. The molecule has 3 heterocycles. The van der Waals surface area contributed by atoms with Crippen molar-refractivity contribution >= 4 is 5.91 Å². The van der Waals surface area contributed by atoms with Crippen LogP contribution in [0.25, 0.3) is 0 Å². The predicted molar refractivity (Wildman–Crippen MR) is 102 cm³/mol. The van der Waals surface area contributed by atoms with Crippen LogP contribution in [0.5, 0.6) is 0 Å². The molecular weight excluding hydrogens is 324 g/mol. The molecule has 0 N–H and O–H groups in total. The van der Waals surface area contributed by atoms with Crippen molar-refractivity contribution < 1.29 is 9.21 Å². The summed E-state index contributed by atoms with van der Waals surface area (Å²) in [4.78, 5) is 17.1. The van der Waals surface area contributed by atoms with Gasteiger partial charge < -0.3 is 9.32 Å². The van der Waals surface area contributed by atoms with Gasteiger partial charge in [-0.15, -0.1) is 0 Å².